The average Bonchev–Trinajstić information content (AvgIpc) is 2.53. The van der Waals surface area contributed by atoms with Crippen molar-refractivity contribution in [1.82, 2.24) is 10.3 Å². The van der Waals surface area contributed by atoms with Crippen molar-refractivity contribution in [2.24, 2.45) is 5.92 Å². The Labute approximate surface area is 124 Å². The number of fused-ring (bicyclic) bond motifs is 3. The first-order chi connectivity index (χ1) is 10.3. The van der Waals surface area contributed by atoms with E-state index in [0.29, 0.717) is 17.8 Å². The molecular formula is C18H20N2O. The number of ketones is 1. The molecule has 0 saturated carbocycles. The van der Waals surface area contributed by atoms with Crippen LogP contribution in [0.4, 0.5) is 0 Å². The van der Waals surface area contributed by atoms with Gasteiger partial charge in [0, 0.05) is 23.4 Å². The maximum absolute atomic E-state index is 12.8. The van der Waals surface area contributed by atoms with Crippen LogP contribution in [0.15, 0.2) is 36.4 Å². The Hall–Kier alpha value is -1.74. The molecule has 108 valence electrons. The van der Waals surface area contributed by atoms with Crippen molar-refractivity contribution in [2.45, 2.75) is 44.2 Å². The van der Waals surface area contributed by atoms with Crippen LogP contribution in [0.2, 0.25) is 0 Å². The first kappa shape index (κ1) is 13.0. The highest BCUT2D eigenvalue weighted by Gasteiger charge is 2.35. The van der Waals surface area contributed by atoms with E-state index in [4.69, 9.17) is 0 Å². The smallest absolute Gasteiger partial charge is 0.184 e. The molecule has 2 bridgehead atoms. The maximum Gasteiger partial charge on any atom is 0.184 e. The number of pyridine rings is 1. The molecule has 0 aliphatic carbocycles. The van der Waals surface area contributed by atoms with Crippen LogP contribution in [0, 0.1) is 5.92 Å². The number of aromatic nitrogens is 1. The fourth-order valence-electron chi connectivity index (χ4n) is 3.89. The molecular weight excluding hydrogens is 260 g/mol. The Morgan fingerprint density at radius 3 is 2.62 bits per heavy atom. The third-order valence-corrected chi connectivity index (χ3v) is 4.94. The van der Waals surface area contributed by atoms with Gasteiger partial charge < -0.3 is 5.32 Å². The lowest BCUT2D eigenvalue weighted by molar-refractivity contribution is 0.0820. The zero-order valence-electron chi connectivity index (χ0n) is 12.1. The fourth-order valence-corrected chi connectivity index (χ4v) is 3.89. The molecule has 1 aromatic carbocycles. The van der Waals surface area contributed by atoms with E-state index in [1.807, 2.05) is 36.4 Å². The van der Waals surface area contributed by atoms with Crippen molar-refractivity contribution >= 4 is 16.7 Å². The summed E-state index contributed by atoms with van der Waals surface area (Å²) < 4.78 is 0. The van der Waals surface area contributed by atoms with E-state index in [2.05, 4.69) is 10.3 Å². The van der Waals surface area contributed by atoms with Gasteiger partial charge in [-0.3, -0.25) is 4.79 Å². The van der Waals surface area contributed by atoms with Crippen molar-refractivity contribution in [2.75, 3.05) is 0 Å². The lowest BCUT2D eigenvalue weighted by Gasteiger charge is -2.39. The highest BCUT2D eigenvalue weighted by molar-refractivity contribution is 5.98. The number of nitrogens with zero attached hydrogens (tertiary/aromatic N) is 1. The zero-order chi connectivity index (χ0) is 14.2. The summed E-state index contributed by atoms with van der Waals surface area (Å²) in [7, 11) is 0. The largest absolute Gasteiger partial charge is 0.311 e. The van der Waals surface area contributed by atoms with E-state index in [1.54, 1.807) is 0 Å². The van der Waals surface area contributed by atoms with Crippen LogP contribution in [0.5, 0.6) is 0 Å². The van der Waals surface area contributed by atoms with Crippen LogP contribution in [-0.2, 0) is 0 Å². The second-order valence-corrected chi connectivity index (χ2v) is 6.41. The van der Waals surface area contributed by atoms with Crippen LogP contribution in [0.3, 0.4) is 0 Å². The molecule has 21 heavy (non-hydrogen) atoms. The summed E-state index contributed by atoms with van der Waals surface area (Å²) in [6, 6.07) is 13.0. The van der Waals surface area contributed by atoms with Crippen LogP contribution in [0.25, 0.3) is 10.9 Å². The summed E-state index contributed by atoms with van der Waals surface area (Å²) in [4.78, 5) is 17.4. The lowest BCUT2D eigenvalue weighted by Crippen LogP contribution is -2.50. The summed E-state index contributed by atoms with van der Waals surface area (Å²) >= 11 is 0. The molecule has 0 spiro atoms. The topological polar surface area (TPSA) is 42.0 Å². The lowest BCUT2D eigenvalue weighted by atomic mass is 9.78. The first-order valence-electron chi connectivity index (χ1n) is 7.95. The van der Waals surface area contributed by atoms with Gasteiger partial charge in [-0.05, 0) is 37.8 Å². The number of Topliss-reactive ketones (excluding diaryl/α,β-unsaturated/α-hetero) is 1. The summed E-state index contributed by atoms with van der Waals surface area (Å²) in [5, 5.41) is 4.74. The molecule has 2 aliphatic rings. The van der Waals surface area contributed by atoms with E-state index < -0.39 is 0 Å². The number of hydrogen-bond acceptors (Lipinski definition) is 3. The van der Waals surface area contributed by atoms with Crippen LogP contribution in [-0.4, -0.2) is 22.9 Å². The molecule has 3 heteroatoms. The van der Waals surface area contributed by atoms with Crippen LogP contribution < -0.4 is 5.32 Å². The molecule has 2 aliphatic heterocycles. The molecule has 3 heterocycles. The van der Waals surface area contributed by atoms with Gasteiger partial charge >= 0.3 is 0 Å². The van der Waals surface area contributed by atoms with Gasteiger partial charge in [-0.15, -0.1) is 0 Å². The van der Waals surface area contributed by atoms with Crippen LogP contribution >= 0.6 is 0 Å². The van der Waals surface area contributed by atoms with Crippen LogP contribution in [0.1, 0.15) is 42.6 Å². The average molecular weight is 280 g/mol. The summed E-state index contributed by atoms with van der Waals surface area (Å²) in [6.45, 7) is 0. The monoisotopic (exact) mass is 280 g/mol. The number of benzene rings is 1. The number of rotatable bonds is 2. The Kier molecular flexibility index (Phi) is 3.23. The number of para-hydroxylation sites is 1. The van der Waals surface area contributed by atoms with E-state index in [0.717, 1.165) is 23.7 Å². The molecule has 3 nitrogen and oxygen atoms in total. The molecule has 1 aromatic heterocycles. The quantitative estimate of drug-likeness (QED) is 0.858. The van der Waals surface area contributed by atoms with Crippen molar-refractivity contribution in [3.63, 3.8) is 0 Å². The van der Waals surface area contributed by atoms with E-state index in [9.17, 15) is 4.79 Å². The normalized spacial score (nSPS) is 28.5. The fraction of sp³-hybridized carbons (Fsp3) is 0.444. The van der Waals surface area contributed by atoms with Gasteiger partial charge in [0.15, 0.2) is 5.78 Å². The standard InChI is InChI=1S/C18H20N2O/c21-18(13-10-14-5-3-6-15(11-13)19-14)17-9-8-12-4-1-2-7-16(12)20-17/h1-2,4,7-9,13-15,19H,3,5-6,10-11H2. The van der Waals surface area contributed by atoms with Crippen molar-refractivity contribution in [3.8, 4) is 0 Å². The zero-order valence-corrected chi connectivity index (χ0v) is 12.1. The molecule has 0 amide bonds. The summed E-state index contributed by atoms with van der Waals surface area (Å²) in [6.07, 6.45) is 5.68. The highest BCUT2D eigenvalue weighted by atomic mass is 16.1. The second kappa shape index (κ2) is 5.23. The Bertz CT molecular complexity index is 670. The molecule has 0 radical (unpaired) electrons. The number of carbonyl (C=O) groups is 1. The number of nitrogens with one attached hydrogen (secondary N) is 1. The number of piperidine rings is 2. The predicted octanol–water partition coefficient (Wildman–Crippen LogP) is 3.34. The molecule has 1 N–H and O–H groups in total. The van der Waals surface area contributed by atoms with E-state index >= 15 is 0 Å². The molecule has 2 fully saturated rings. The first-order valence-corrected chi connectivity index (χ1v) is 7.95. The SMILES string of the molecule is O=C(c1ccc2ccccc2n1)C1CC2CCCC(C1)N2. The molecule has 2 atom stereocenters. The van der Waals surface area contributed by atoms with Gasteiger partial charge in [-0.25, -0.2) is 4.98 Å². The van der Waals surface area contributed by atoms with E-state index in [1.165, 1.54) is 19.3 Å². The third kappa shape index (κ3) is 2.46. The Morgan fingerprint density at radius 2 is 1.81 bits per heavy atom. The molecule has 4 rings (SSSR count). The van der Waals surface area contributed by atoms with Gasteiger partial charge in [-0.2, -0.15) is 0 Å². The van der Waals surface area contributed by atoms with Gasteiger partial charge in [0.2, 0.25) is 0 Å². The minimum absolute atomic E-state index is 0.148. The van der Waals surface area contributed by atoms with Gasteiger partial charge in [0.25, 0.3) is 0 Å². The van der Waals surface area contributed by atoms with Crippen molar-refractivity contribution < 1.29 is 4.79 Å². The van der Waals surface area contributed by atoms with E-state index in [-0.39, 0.29) is 11.7 Å². The van der Waals surface area contributed by atoms with Crippen molar-refractivity contribution in [3.05, 3.63) is 42.1 Å². The Balaban J connectivity index is 1.60. The number of carbonyl (C=O) groups excluding carboxylic acids is 1. The Morgan fingerprint density at radius 1 is 1.05 bits per heavy atom. The second-order valence-electron chi connectivity index (χ2n) is 6.41. The van der Waals surface area contributed by atoms with Gasteiger partial charge in [0.05, 0.1) is 5.52 Å². The third-order valence-electron chi connectivity index (χ3n) is 4.94. The summed E-state index contributed by atoms with van der Waals surface area (Å²) in [5.41, 5.74) is 1.55. The highest BCUT2D eigenvalue weighted by Crippen LogP contribution is 2.31. The molecule has 2 aromatic rings. The molecule has 2 saturated heterocycles. The van der Waals surface area contributed by atoms with Gasteiger partial charge in [-0.1, -0.05) is 30.7 Å². The molecule has 2 unspecified atom stereocenters. The minimum Gasteiger partial charge on any atom is -0.311 e. The van der Waals surface area contributed by atoms with Crippen molar-refractivity contribution in [1.29, 1.82) is 0 Å². The maximum atomic E-state index is 12.8. The summed E-state index contributed by atoms with van der Waals surface area (Å²) in [5.74, 6) is 0.384. The predicted molar refractivity (Wildman–Crippen MR) is 83.4 cm³/mol. The number of hydrogen-bond donors (Lipinski definition) is 1. The van der Waals surface area contributed by atoms with Gasteiger partial charge in [0.1, 0.15) is 5.69 Å². The minimum atomic E-state index is 0.148.